The molecule has 1 saturated carbocycles. The Kier molecular flexibility index (Phi) is 5.01. The molecule has 0 saturated heterocycles. The van der Waals surface area contributed by atoms with Crippen molar-refractivity contribution in [2.75, 3.05) is 0 Å². The summed E-state index contributed by atoms with van der Waals surface area (Å²) in [6.07, 6.45) is -4.40. The topological polar surface area (TPSA) is 112 Å². The Bertz CT molecular complexity index is 1010. The molecule has 148 valence electrons. The predicted octanol–water partition coefficient (Wildman–Crippen LogP) is 1.73. The predicted molar refractivity (Wildman–Crippen MR) is 85.5 cm³/mol. The molecular formula is C17H14F3N3O5. The zero-order chi connectivity index (χ0) is 20.6. The minimum Gasteiger partial charge on any atom is -0.393 e. The molecule has 2 aromatic heterocycles. The highest BCUT2D eigenvalue weighted by Gasteiger charge is 2.39. The number of carbonyl (C=O) groups is 3. The van der Waals surface area contributed by atoms with Crippen molar-refractivity contribution < 1.29 is 32.0 Å². The summed E-state index contributed by atoms with van der Waals surface area (Å²) in [5.41, 5.74) is -2.05. The molecule has 0 bridgehead atoms. The second-order valence-electron chi connectivity index (χ2n) is 6.32. The number of carbonyl (C=O) groups excluding carboxylic acids is 3. The monoisotopic (exact) mass is 397 g/mol. The van der Waals surface area contributed by atoms with E-state index in [0.717, 1.165) is 6.07 Å². The molecule has 1 fully saturated rings. The van der Waals surface area contributed by atoms with Gasteiger partial charge in [-0.3, -0.25) is 14.4 Å². The molecule has 0 aliphatic heterocycles. The summed E-state index contributed by atoms with van der Waals surface area (Å²) in [7, 11) is 0. The van der Waals surface area contributed by atoms with Gasteiger partial charge in [0.25, 0.3) is 0 Å². The molecule has 8 nitrogen and oxygen atoms in total. The number of halogens is 3. The SMILES string of the molecule is Cc1nn(Cc2nc(C(F)(F)F)ccc2C(=O)C2C(=O)CCCC2=O)c(=O)o1. The highest BCUT2D eigenvalue weighted by molar-refractivity contribution is 6.25. The Balaban J connectivity index is 2.08. The van der Waals surface area contributed by atoms with Crippen LogP contribution in [0.2, 0.25) is 0 Å². The Morgan fingerprint density at radius 1 is 1.21 bits per heavy atom. The van der Waals surface area contributed by atoms with Crippen molar-refractivity contribution in [3.05, 3.63) is 45.5 Å². The van der Waals surface area contributed by atoms with Crippen LogP contribution in [0.4, 0.5) is 13.2 Å². The summed E-state index contributed by atoms with van der Waals surface area (Å²) in [5.74, 6) is -4.63. The van der Waals surface area contributed by atoms with E-state index in [0.29, 0.717) is 17.2 Å². The van der Waals surface area contributed by atoms with Crippen LogP contribution < -0.4 is 5.76 Å². The lowest BCUT2D eigenvalue weighted by molar-refractivity contribution is -0.141. The van der Waals surface area contributed by atoms with Gasteiger partial charge < -0.3 is 4.42 Å². The van der Waals surface area contributed by atoms with Crippen LogP contribution >= 0.6 is 0 Å². The maximum atomic E-state index is 13.0. The maximum Gasteiger partial charge on any atom is 0.437 e. The average molecular weight is 397 g/mol. The van der Waals surface area contributed by atoms with Crippen LogP contribution in [0, 0.1) is 12.8 Å². The molecule has 0 unspecified atom stereocenters. The highest BCUT2D eigenvalue weighted by atomic mass is 19.4. The van der Waals surface area contributed by atoms with Crippen LogP contribution in [0.25, 0.3) is 0 Å². The average Bonchev–Trinajstić information content (AvgIpc) is 2.91. The van der Waals surface area contributed by atoms with Gasteiger partial charge in [0.05, 0.1) is 12.2 Å². The van der Waals surface area contributed by atoms with Crippen molar-refractivity contribution in [1.82, 2.24) is 14.8 Å². The zero-order valence-electron chi connectivity index (χ0n) is 14.6. The molecule has 1 aliphatic rings. The summed E-state index contributed by atoms with van der Waals surface area (Å²) < 4.78 is 44.5. The molecule has 0 N–H and O–H groups in total. The van der Waals surface area contributed by atoms with Crippen molar-refractivity contribution in [3.8, 4) is 0 Å². The molecule has 11 heteroatoms. The number of pyridine rings is 1. The number of alkyl halides is 3. The van der Waals surface area contributed by atoms with Crippen molar-refractivity contribution in [1.29, 1.82) is 0 Å². The molecule has 0 amide bonds. The molecule has 2 aromatic rings. The van der Waals surface area contributed by atoms with E-state index >= 15 is 0 Å². The lowest BCUT2D eigenvalue weighted by atomic mass is 9.81. The van der Waals surface area contributed by atoms with Crippen LogP contribution in [0.15, 0.2) is 21.3 Å². The third-order valence-electron chi connectivity index (χ3n) is 4.29. The van der Waals surface area contributed by atoms with Crippen LogP contribution in [0.3, 0.4) is 0 Å². The maximum absolute atomic E-state index is 13.0. The van der Waals surface area contributed by atoms with Gasteiger partial charge in [-0.1, -0.05) is 0 Å². The van der Waals surface area contributed by atoms with E-state index in [4.69, 9.17) is 0 Å². The van der Waals surface area contributed by atoms with Crippen LogP contribution in [-0.2, 0) is 22.3 Å². The minimum atomic E-state index is -4.79. The molecule has 2 heterocycles. The van der Waals surface area contributed by atoms with Gasteiger partial charge in [0.15, 0.2) is 17.3 Å². The number of Topliss-reactive ketones (excluding diaryl/α,β-unsaturated/α-hetero) is 3. The summed E-state index contributed by atoms with van der Waals surface area (Å²) in [5, 5.41) is 3.71. The molecule has 1 aliphatic carbocycles. The first-order valence-electron chi connectivity index (χ1n) is 8.29. The third-order valence-corrected chi connectivity index (χ3v) is 4.29. The Morgan fingerprint density at radius 2 is 1.86 bits per heavy atom. The van der Waals surface area contributed by atoms with Gasteiger partial charge in [0.1, 0.15) is 11.6 Å². The number of rotatable bonds is 4. The summed E-state index contributed by atoms with van der Waals surface area (Å²) in [4.78, 5) is 52.0. The van der Waals surface area contributed by atoms with E-state index in [2.05, 4.69) is 14.5 Å². The molecule has 0 atom stereocenters. The fraction of sp³-hybridized carbons (Fsp3) is 0.412. The van der Waals surface area contributed by atoms with Gasteiger partial charge in [-0.2, -0.15) is 17.9 Å². The quantitative estimate of drug-likeness (QED) is 0.570. The van der Waals surface area contributed by atoms with E-state index in [-0.39, 0.29) is 24.3 Å². The smallest absolute Gasteiger partial charge is 0.393 e. The lowest BCUT2D eigenvalue weighted by Gasteiger charge is -2.19. The van der Waals surface area contributed by atoms with E-state index in [1.165, 1.54) is 6.92 Å². The Morgan fingerprint density at radius 3 is 2.39 bits per heavy atom. The van der Waals surface area contributed by atoms with Crippen molar-refractivity contribution in [3.63, 3.8) is 0 Å². The number of hydrogen-bond donors (Lipinski definition) is 0. The van der Waals surface area contributed by atoms with Crippen LogP contribution in [0.5, 0.6) is 0 Å². The number of ketones is 3. The van der Waals surface area contributed by atoms with E-state index in [1.54, 1.807) is 0 Å². The first kappa shape index (κ1) is 19.6. The second kappa shape index (κ2) is 7.13. The fourth-order valence-corrected chi connectivity index (χ4v) is 3.01. The summed E-state index contributed by atoms with van der Waals surface area (Å²) in [6.45, 7) is 0.777. The van der Waals surface area contributed by atoms with Crippen LogP contribution in [-0.4, -0.2) is 32.1 Å². The number of hydrogen-bond acceptors (Lipinski definition) is 7. The van der Waals surface area contributed by atoms with Crippen molar-refractivity contribution in [2.45, 2.75) is 38.9 Å². The molecule has 0 aromatic carbocycles. The summed E-state index contributed by atoms with van der Waals surface area (Å²) >= 11 is 0. The van der Waals surface area contributed by atoms with Gasteiger partial charge >= 0.3 is 11.9 Å². The Labute approximate surface area is 155 Å². The first-order chi connectivity index (χ1) is 13.1. The molecular weight excluding hydrogens is 383 g/mol. The molecule has 3 rings (SSSR count). The highest BCUT2D eigenvalue weighted by Crippen LogP contribution is 2.30. The van der Waals surface area contributed by atoms with E-state index in [1.807, 2.05) is 0 Å². The van der Waals surface area contributed by atoms with Gasteiger partial charge in [0.2, 0.25) is 5.89 Å². The number of aryl methyl sites for hydroxylation is 1. The van der Waals surface area contributed by atoms with Gasteiger partial charge in [0, 0.05) is 25.3 Å². The standard InChI is InChI=1S/C17H14F3N3O5/c1-8-22-23(16(27)28-8)7-10-9(5-6-13(21-10)17(18,19)20)15(26)14-11(24)3-2-4-12(14)25/h5-6,14H,2-4,7H2,1H3. The first-order valence-corrected chi connectivity index (χ1v) is 8.29. The second-order valence-corrected chi connectivity index (χ2v) is 6.32. The molecule has 0 radical (unpaired) electrons. The minimum absolute atomic E-state index is 0.0255. The third kappa shape index (κ3) is 3.78. The van der Waals surface area contributed by atoms with Crippen molar-refractivity contribution >= 4 is 17.3 Å². The lowest BCUT2D eigenvalue weighted by Crippen LogP contribution is -2.36. The number of nitrogens with zero attached hydrogens (tertiary/aromatic N) is 3. The normalized spacial score (nSPS) is 15.9. The number of aromatic nitrogens is 3. The summed E-state index contributed by atoms with van der Waals surface area (Å²) in [6, 6.07) is 1.45. The Hall–Kier alpha value is -3.11. The molecule has 28 heavy (non-hydrogen) atoms. The van der Waals surface area contributed by atoms with Crippen LogP contribution in [0.1, 0.15) is 46.9 Å². The van der Waals surface area contributed by atoms with E-state index < -0.39 is 53.1 Å². The van der Waals surface area contributed by atoms with E-state index in [9.17, 15) is 32.3 Å². The largest absolute Gasteiger partial charge is 0.437 e. The van der Waals surface area contributed by atoms with Crippen molar-refractivity contribution in [2.24, 2.45) is 5.92 Å². The van der Waals surface area contributed by atoms with Gasteiger partial charge in [-0.05, 0) is 18.6 Å². The van der Waals surface area contributed by atoms with Gasteiger partial charge in [-0.25, -0.2) is 9.78 Å². The van der Waals surface area contributed by atoms with Gasteiger partial charge in [-0.15, -0.1) is 5.10 Å². The zero-order valence-corrected chi connectivity index (χ0v) is 14.6. The fourth-order valence-electron chi connectivity index (χ4n) is 3.01. The molecule has 0 spiro atoms.